The van der Waals surface area contributed by atoms with Gasteiger partial charge in [0.25, 0.3) is 5.91 Å². The van der Waals surface area contributed by atoms with Crippen LogP contribution in [0.15, 0.2) is 55.0 Å². The molecule has 1 N–H and O–H groups in total. The molecule has 0 saturated heterocycles. The van der Waals surface area contributed by atoms with Crippen molar-refractivity contribution in [1.29, 1.82) is 0 Å². The van der Waals surface area contributed by atoms with Crippen molar-refractivity contribution in [1.82, 2.24) is 20.3 Å². The molecule has 1 atom stereocenters. The lowest BCUT2D eigenvalue weighted by Gasteiger charge is -2.36. The predicted molar refractivity (Wildman–Crippen MR) is 117 cm³/mol. The first kappa shape index (κ1) is 20.8. The van der Waals surface area contributed by atoms with Gasteiger partial charge in [0.2, 0.25) is 0 Å². The SMILES string of the molecule is COc1ccc(OCC(=O)N[C@@H]2CC(C)(C)Cc3nc(-c4ccncc4)ncc32)cc1. The summed E-state index contributed by atoms with van der Waals surface area (Å²) in [7, 11) is 1.61. The molecule has 0 bridgehead atoms. The van der Waals surface area contributed by atoms with E-state index >= 15 is 0 Å². The molecular weight excluding hydrogens is 392 g/mol. The van der Waals surface area contributed by atoms with Crippen molar-refractivity contribution in [2.24, 2.45) is 5.41 Å². The van der Waals surface area contributed by atoms with Gasteiger partial charge in [0.15, 0.2) is 12.4 Å². The largest absolute Gasteiger partial charge is 0.497 e. The van der Waals surface area contributed by atoms with E-state index in [0.717, 1.165) is 35.4 Å². The molecule has 0 fully saturated rings. The molecule has 2 aromatic heterocycles. The second kappa shape index (κ2) is 8.71. The van der Waals surface area contributed by atoms with Crippen molar-refractivity contribution in [2.45, 2.75) is 32.7 Å². The number of aromatic nitrogens is 3. The molecule has 160 valence electrons. The molecule has 0 unspecified atom stereocenters. The number of nitrogens with one attached hydrogen (secondary N) is 1. The topological polar surface area (TPSA) is 86.2 Å². The van der Waals surface area contributed by atoms with E-state index in [9.17, 15) is 4.79 Å². The standard InChI is InChI=1S/C24H26N4O3/c1-24(2)12-20(27-22(29)15-31-18-6-4-17(30-3)5-7-18)19-14-26-23(28-21(19)13-24)16-8-10-25-11-9-16/h4-11,14,20H,12-13,15H2,1-3H3,(H,27,29)/t20-/m1/s1. The molecule has 7 heteroatoms. The number of fused-ring (bicyclic) bond motifs is 1. The number of carbonyl (C=O) groups is 1. The van der Waals surface area contributed by atoms with E-state index in [4.69, 9.17) is 14.5 Å². The fraction of sp³-hybridized carbons (Fsp3) is 0.333. The third kappa shape index (κ3) is 4.99. The second-order valence-corrected chi connectivity index (χ2v) is 8.46. The molecule has 1 aliphatic rings. The summed E-state index contributed by atoms with van der Waals surface area (Å²) in [6, 6.07) is 10.8. The Morgan fingerprint density at radius 2 is 1.84 bits per heavy atom. The smallest absolute Gasteiger partial charge is 0.258 e. The van der Waals surface area contributed by atoms with E-state index < -0.39 is 0 Å². The van der Waals surface area contributed by atoms with Gasteiger partial charge in [-0.3, -0.25) is 9.78 Å². The van der Waals surface area contributed by atoms with Crippen LogP contribution in [0.1, 0.15) is 37.6 Å². The van der Waals surface area contributed by atoms with Gasteiger partial charge < -0.3 is 14.8 Å². The highest BCUT2D eigenvalue weighted by molar-refractivity contribution is 5.78. The van der Waals surface area contributed by atoms with Crippen LogP contribution in [0.5, 0.6) is 11.5 Å². The van der Waals surface area contributed by atoms with Gasteiger partial charge in [-0.15, -0.1) is 0 Å². The zero-order chi connectivity index (χ0) is 21.8. The van der Waals surface area contributed by atoms with Crippen LogP contribution in [0.4, 0.5) is 0 Å². The van der Waals surface area contributed by atoms with Gasteiger partial charge in [-0.25, -0.2) is 9.97 Å². The summed E-state index contributed by atoms with van der Waals surface area (Å²) in [4.78, 5) is 26.0. The maximum Gasteiger partial charge on any atom is 0.258 e. The van der Waals surface area contributed by atoms with Crippen molar-refractivity contribution in [3.63, 3.8) is 0 Å². The number of rotatable bonds is 6. The summed E-state index contributed by atoms with van der Waals surface area (Å²) >= 11 is 0. The van der Waals surface area contributed by atoms with E-state index in [1.54, 1.807) is 43.8 Å². The quantitative estimate of drug-likeness (QED) is 0.656. The first-order valence-corrected chi connectivity index (χ1v) is 10.3. The Labute approximate surface area is 181 Å². The van der Waals surface area contributed by atoms with Crippen molar-refractivity contribution in [3.8, 4) is 22.9 Å². The van der Waals surface area contributed by atoms with Crippen LogP contribution in [-0.2, 0) is 11.2 Å². The molecule has 31 heavy (non-hydrogen) atoms. The van der Waals surface area contributed by atoms with Crippen LogP contribution in [0, 0.1) is 5.41 Å². The fourth-order valence-corrected chi connectivity index (χ4v) is 3.87. The van der Waals surface area contributed by atoms with Crippen LogP contribution in [0.2, 0.25) is 0 Å². The van der Waals surface area contributed by atoms with Gasteiger partial charge in [0.05, 0.1) is 18.8 Å². The summed E-state index contributed by atoms with van der Waals surface area (Å²) in [5, 5.41) is 3.10. The third-order valence-electron chi connectivity index (χ3n) is 5.38. The molecule has 1 aromatic carbocycles. The highest BCUT2D eigenvalue weighted by atomic mass is 16.5. The molecule has 0 saturated carbocycles. The Morgan fingerprint density at radius 1 is 1.13 bits per heavy atom. The molecule has 0 radical (unpaired) electrons. The number of hydrogen-bond acceptors (Lipinski definition) is 6. The Bertz CT molecular complexity index is 1050. The monoisotopic (exact) mass is 418 g/mol. The Morgan fingerprint density at radius 3 is 2.55 bits per heavy atom. The van der Waals surface area contributed by atoms with E-state index in [2.05, 4.69) is 29.1 Å². The number of carbonyl (C=O) groups excluding carboxylic acids is 1. The Kier molecular flexibility index (Phi) is 5.84. The third-order valence-corrected chi connectivity index (χ3v) is 5.38. The number of pyridine rings is 1. The summed E-state index contributed by atoms with van der Waals surface area (Å²) in [5.74, 6) is 1.85. The van der Waals surface area contributed by atoms with Gasteiger partial charge in [0, 0.05) is 29.7 Å². The minimum atomic E-state index is -0.178. The van der Waals surface area contributed by atoms with E-state index in [1.807, 2.05) is 18.3 Å². The summed E-state index contributed by atoms with van der Waals surface area (Å²) in [6.07, 6.45) is 6.94. The van der Waals surface area contributed by atoms with Crippen molar-refractivity contribution in [3.05, 3.63) is 66.2 Å². The zero-order valence-electron chi connectivity index (χ0n) is 18.0. The lowest BCUT2D eigenvalue weighted by atomic mass is 9.74. The van der Waals surface area contributed by atoms with Crippen LogP contribution in [0.25, 0.3) is 11.4 Å². The number of hydrogen-bond donors (Lipinski definition) is 1. The molecule has 1 aliphatic carbocycles. The van der Waals surface area contributed by atoms with Gasteiger partial charge in [-0.05, 0) is 54.7 Å². The van der Waals surface area contributed by atoms with Crippen LogP contribution < -0.4 is 14.8 Å². The maximum atomic E-state index is 12.6. The fourth-order valence-electron chi connectivity index (χ4n) is 3.87. The number of amides is 1. The normalized spacial score (nSPS) is 16.8. The minimum absolute atomic E-state index is 0.00561. The van der Waals surface area contributed by atoms with E-state index in [-0.39, 0.29) is 24.0 Å². The average molecular weight is 418 g/mol. The van der Waals surface area contributed by atoms with Crippen molar-refractivity contribution in [2.75, 3.05) is 13.7 Å². The molecular formula is C24H26N4O3. The molecule has 3 aromatic rings. The summed E-state index contributed by atoms with van der Waals surface area (Å²) in [5.41, 5.74) is 2.87. The van der Waals surface area contributed by atoms with Gasteiger partial charge in [0.1, 0.15) is 11.5 Å². The van der Waals surface area contributed by atoms with Crippen LogP contribution in [-0.4, -0.2) is 34.6 Å². The van der Waals surface area contributed by atoms with Crippen molar-refractivity contribution >= 4 is 5.91 Å². The molecule has 1 amide bonds. The average Bonchev–Trinajstić information content (AvgIpc) is 2.77. The molecule has 4 rings (SSSR count). The molecule has 2 heterocycles. The first-order chi connectivity index (χ1) is 14.9. The maximum absolute atomic E-state index is 12.6. The van der Waals surface area contributed by atoms with Crippen LogP contribution >= 0.6 is 0 Å². The summed E-state index contributed by atoms with van der Waals surface area (Å²) in [6.45, 7) is 4.32. The minimum Gasteiger partial charge on any atom is -0.497 e. The highest BCUT2D eigenvalue weighted by Crippen LogP contribution is 2.40. The van der Waals surface area contributed by atoms with Gasteiger partial charge in [-0.2, -0.15) is 0 Å². The Hall–Kier alpha value is -3.48. The number of methoxy groups -OCH3 is 1. The molecule has 0 aliphatic heterocycles. The summed E-state index contributed by atoms with van der Waals surface area (Å²) < 4.78 is 10.8. The second-order valence-electron chi connectivity index (χ2n) is 8.46. The van der Waals surface area contributed by atoms with E-state index in [1.165, 1.54) is 0 Å². The predicted octanol–water partition coefficient (Wildman–Crippen LogP) is 3.76. The first-order valence-electron chi connectivity index (χ1n) is 10.3. The van der Waals surface area contributed by atoms with Crippen molar-refractivity contribution < 1.29 is 14.3 Å². The molecule has 0 spiro atoms. The van der Waals surface area contributed by atoms with E-state index in [0.29, 0.717) is 11.6 Å². The molecule has 7 nitrogen and oxygen atoms in total. The Balaban J connectivity index is 1.47. The lowest BCUT2D eigenvalue weighted by Crippen LogP contribution is -2.39. The lowest BCUT2D eigenvalue weighted by molar-refractivity contribution is -0.124. The van der Waals surface area contributed by atoms with Gasteiger partial charge in [-0.1, -0.05) is 13.8 Å². The van der Waals surface area contributed by atoms with Gasteiger partial charge >= 0.3 is 0 Å². The van der Waals surface area contributed by atoms with Crippen LogP contribution in [0.3, 0.4) is 0 Å². The number of benzene rings is 1. The number of ether oxygens (including phenoxy) is 2. The highest BCUT2D eigenvalue weighted by Gasteiger charge is 2.34. The zero-order valence-corrected chi connectivity index (χ0v) is 18.0. The number of nitrogens with zero attached hydrogens (tertiary/aromatic N) is 3.